The number of aromatic hydroxyl groups is 1. The number of aliphatic imine (C=N–C) groups is 2. The lowest BCUT2D eigenvalue weighted by molar-refractivity contribution is -0.137. The van der Waals surface area contributed by atoms with Gasteiger partial charge >= 0.3 is 6.18 Å². The fourth-order valence-electron chi connectivity index (χ4n) is 5.64. The molecule has 2 aliphatic heterocycles. The van der Waals surface area contributed by atoms with E-state index in [9.17, 15) is 18.3 Å². The number of phenols is 1. The topological polar surface area (TPSA) is 87.3 Å². The van der Waals surface area contributed by atoms with Crippen molar-refractivity contribution in [2.24, 2.45) is 9.98 Å². The number of anilines is 2. The maximum Gasteiger partial charge on any atom is 0.416 e. The summed E-state index contributed by atoms with van der Waals surface area (Å²) in [6.45, 7) is 1.91. The smallest absolute Gasteiger partial charge is 0.416 e. The number of hydrogen-bond acceptors (Lipinski definition) is 7. The number of aryl methyl sites for hydroxylation is 1. The van der Waals surface area contributed by atoms with Crippen molar-refractivity contribution >= 4 is 34.6 Å². The number of amidine groups is 2. The van der Waals surface area contributed by atoms with Crippen LogP contribution < -0.4 is 15.0 Å². The summed E-state index contributed by atoms with van der Waals surface area (Å²) in [5, 5.41) is 18.4. The number of para-hydroxylation sites is 3. The van der Waals surface area contributed by atoms with Gasteiger partial charge in [0.15, 0.2) is 29.0 Å². The average molecular weight is 595 g/mol. The van der Waals surface area contributed by atoms with Gasteiger partial charge in [0.1, 0.15) is 0 Å². The number of aromatic nitrogens is 2. The van der Waals surface area contributed by atoms with Gasteiger partial charge in [-0.2, -0.15) is 18.3 Å². The van der Waals surface area contributed by atoms with Crippen molar-refractivity contribution in [1.29, 1.82) is 0 Å². The second-order valence-electron chi connectivity index (χ2n) is 10.4. The summed E-state index contributed by atoms with van der Waals surface area (Å²) in [4.78, 5) is 11.9. The first kappa shape index (κ1) is 27.3. The second kappa shape index (κ2) is 10.3. The molecule has 11 heteroatoms. The number of ether oxygens (including phenoxy) is 1. The normalized spacial score (nSPS) is 15.5. The van der Waals surface area contributed by atoms with Crippen molar-refractivity contribution in [3.8, 4) is 17.2 Å². The van der Waals surface area contributed by atoms with E-state index < -0.39 is 17.8 Å². The second-order valence-corrected chi connectivity index (χ2v) is 10.4. The summed E-state index contributed by atoms with van der Waals surface area (Å²) >= 11 is 0. The molecule has 7 rings (SSSR count). The van der Waals surface area contributed by atoms with E-state index in [1.165, 1.54) is 13.2 Å². The lowest BCUT2D eigenvalue weighted by Gasteiger charge is -2.40. The van der Waals surface area contributed by atoms with E-state index in [1.54, 1.807) is 22.9 Å². The van der Waals surface area contributed by atoms with Crippen molar-refractivity contribution < 1.29 is 23.0 Å². The summed E-state index contributed by atoms with van der Waals surface area (Å²) in [5.41, 5.74) is 3.90. The molecule has 0 unspecified atom stereocenters. The maximum absolute atomic E-state index is 13.6. The van der Waals surface area contributed by atoms with Crippen molar-refractivity contribution in [1.82, 2.24) is 9.78 Å². The van der Waals surface area contributed by atoms with E-state index in [4.69, 9.17) is 19.8 Å². The van der Waals surface area contributed by atoms with E-state index in [1.807, 2.05) is 72.5 Å². The molecule has 0 bridgehead atoms. The van der Waals surface area contributed by atoms with Crippen LogP contribution in [0.4, 0.5) is 36.1 Å². The van der Waals surface area contributed by atoms with Crippen molar-refractivity contribution in [3.05, 3.63) is 119 Å². The Morgan fingerprint density at radius 1 is 0.886 bits per heavy atom. The minimum atomic E-state index is -4.51. The van der Waals surface area contributed by atoms with Gasteiger partial charge in [0.2, 0.25) is 0 Å². The van der Waals surface area contributed by atoms with Crippen LogP contribution in [0.3, 0.4) is 0 Å². The van der Waals surface area contributed by atoms with E-state index >= 15 is 0 Å². The molecule has 3 heterocycles. The molecular formula is C33H25F3N6O2. The molecule has 0 amide bonds. The Kier molecular flexibility index (Phi) is 6.38. The van der Waals surface area contributed by atoms with Gasteiger partial charge in [-0.05, 0) is 67.1 Å². The molecule has 0 spiro atoms. The molecule has 0 aliphatic carbocycles. The van der Waals surface area contributed by atoms with Gasteiger partial charge in [-0.3, -0.25) is 0 Å². The van der Waals surface area contributed by atoms with Crippen LogP contribution in [0.25, 0.3) is 5.69 Å². The Morgan fingerprint density at radius 3 is 2.43 bits per heavy atom. The maximum atomic E-state index is 13.6. The first-order chi connectivity index (χ1) is 21.2. The van der Waals surface area contributed by atoms with E-state index in [-0.39, 0.29) is 17.3 Å². The number of alkyl halides is 3. The third-order valence-corrected chi connectivity index (χ3v) is 7.61. The van der Waals surface area contributed by atoms with Gasteiger partial charge in [0.25, 0.3) is 0 Å². The molecule has 0 radical (unpaired) electrons. The zero-order valence-corrected chi connectivity index (χ0v) is 23.5. The number of fused-ring (bicyclic) bond motifs is 4. The lowest BCUT2D eigenvalue weighted by Crippen LogP contribution is -2.46. The van der Waals surface area contributed by atoms with Crippen LogP contribution in [0.1, 0.15) is 28.4 Å². The Balaban J connectivity index is 1.48. The Morgan fingerprint density at radius 2 is 1.66 bits per heavy atom. The lowest BCUT2D eigenvalue weighted by atomic mass is 9.93. The highest BCUT2D eigenvalue weighted by molar-refractivity contribution is 6.51. The summed E-state index contributed by atoms with van der Waals surface area (Å²) in [7, 11) is 1.48. The standard InChI is InChI=1S/C33H25F3N6O2/c1-19-28-29(20-15-16-26(43)27(17-20)44-2)41-25-14-7-6-13-24(25)38-30(37-22-10-8-9-21(18-22)33(34,35)36)32(41)39-31(28)42(40-19)23-11-4-3-5-12-23/h3-18,29,43H,1-2H3,(H,37,38)/t29-/m0/s1. The van der Waals surface area contributed by atoms with Crippen molar-refractivity contribution in [3.63, 3.8) is 0 Å². The fraction of sp³-hybridized carbons (Fsp3) is 0.121. The average Bonchev–Trinajstić information content (AvgIpc) is 3.36. The van der Waals surface area contributed by atoms with Gasteiger partial charge in [0, 0.05) is 11.3 Å². The predicted molar refractivity (Wildman–Crippen MR) is 163 cm³/mol. The highest BCUT2D eigenvalue weighted by Crippen LogP contribution is 2.49. The quantitative estimate of drug-likeness (QED) is 0.223. The van der Waals surface area contributed by atoms with Gasteiger partial charge in [-0.25, -0.2) is 14.7 Å². The van der Waals surface area contributed by atoms with Crippen LogP contribution in [0.5, 0.6) is 11.5 Å². The molecule has 2 aliphatic rings. The molecule has 44 heavy (non-hydrogen) atoms. The van der Waals surface area contributed by atoms with Gasteiger partial charge < -0.3 is 20.1 Å². The van der Waals surface area contributed by atoms with Crippen LogP contribution in [-0.2, 0) is 6.18 Å². The summed E-state index contributed by atoms with van der Waals surface area (Å²) in [6, 6.07) is 26.7. The van der Waals surface area contributed by atoms with Crippen molar-refractivity contribution in [2.75, 3.05) is 17.3 Å². The first-order valence-corrected chi connectivity index (χ1v) is 13.7. The summed E-state index contributed by atoms with van der Waals surface area (Å²) < 4.78 is 48.0. The predicted octanol–water partition coefficient (Wildman–Crippen LogP) is 7.71. The van der Waals surface area contributed by atoms with E-state index in [0.29, 0.717) is 23.1 Å². The van der Waals surface area contributed by atoms with Gasteiger partial charge in [-0.1, -0.05) is 42.5 Å². The Labute approximate surface area is 250 Å². The molecule has 0 saturated heterocycles. The molecule has 0 fully saturated rings. The summed E-state index contributed by atoms with van der Waals surface area (Å²) in [6.07, 6.45) is -4.51. The molecule has 5 aromatic rings. The van der Waals surface area contributed by atoms with Crippen LogP contribution in [0.2, 0.25) is 0 Å². The number of halogens is 3. The molecule has 1 aromatic heterocycles. The highest BCUT2D eigenvalue weighted by atomic mass is 19.4. The van der Waals surface area contributed by atoms with Crippen molar-refractivity contribution in [2.45, 2.75) is 19.1 Å². The number of methoxy groups -OCH3 is 1. The molecule has 220 valence electrons. The number of phenolic OH excluding ortho intramolecular Hbond substituents is 1. The van der Waals surface area contributed by atoms with Gasteiger partial charge in [0.05, 0.1) is 41.5 Å². The van der Waals surface area contributed by atoms with Crippen LogP contribution >= 0.6 is 0 Å². The largest absolute Gasteiger partial charge is 0.504 e. The Bertz CT molecular complexity index is 1970. The number of nitrogens with zero attached hydrogens (tertiary/aromatic N) is 5. The third kappa shape index (κ3) is 4.53. The van der Waals surface area contributed by atoms with Crippen LogP contribution in [0, 0.1) is 6.92 Å². The number of hydrogen-bond donors (Lipinski definition) is 2. The Hall–Kier alpha value is -5.58. The third-order valence-electron chi connectivity index (χ3n) is 7.61. The highest BCUT2D eigenvalue weighted by Gasteiger charge is 2.42. The molecular weight excluding hydrogens is 569 g/mol. The fourth-order valence-corrected chi connectivity index (χ4v) is 5.64. The zero-order chi connectivity index (χ0) is 30.6. The SMILES string of the molecule is COc1cc([C@H]2c3c(C)nn(-c4ccccc4)c3N=C3C(Nc4cccc(C(F)(F)F)c4)=Nc4ccccc4N32)ccc1O. The van der Waals surface area contributed by atoms with Crippen LogP contribution in [0.15, 0.2) is 107 Å². The molecule has 1 atom stereocenters. The zero-order valence-electron chi connectivity index (χ0n) is 23.5. The number of nitrogens with one attached hydrogen (secondary N) is 1. The molecule has 2 N–H and O–H groups in total. The molecule has 8 nitrogen and oxygen atoms in total. The van der Waals surface area contributed by atoms with E-state index in [0.717, 1.165) is 40.3 Å². The first-order valence-electron chi connectivity index (χ1n) is 13.7. The monoisotopic (exact) mass is 594 g/mol. The van der Waals surface area contributed by atoms with Gasteiger partial charge in [-0.15, -0.1) is 0 Å². The summed E-state index contributed by atoms with van der Waals surface area (Å²) in [5.74, 6) is 1.49. The minimum Gasteiger partial charge on any atom is -0.504 e. The number of rotatable bonds is 4. The molecule has 0 saturated carbocycles. The molecule has 4 aromatic carbocycles. The minimum absolute atomic E-state index is 0.00890. The van der Waals surface area contributed by atoms with Crippen LogP contribution in [-0.4, -0.2) is 33.7 Å². The number of benzene rings is 4. The van der Waals surface area contributed by atoms with E-state index in [2.05, 4.69) is 5.32 Å².